The molecule has 60 heavy (non-hydrogen) atoms. The average Bonchev–Trinajstić information content (AvgIpc) is 3.70. The summed E-state index contributed by atoms with van der Waals surface area (Å²) in [7, 11) is 0. The van der Waals surface area contributed by atoms with Crippen molar-refractivity contribution in [1.29, 1.82) is 0 Å². The Hall–Kier alpha value is -5.04. The van der Waals surface area contributed by atoms with Crippen LogP contribution in [-0.2, 0) is 49.7 Å². The molecule has 1 heterocycles. The largest absolute Gasteiger partial charge is 0.481 e. The standard InChI is InChI=1S/C47H60N2O11/c1-2-14-33(44(54)39(50)23-24-42(53)48-43(47(58)59)32-19-10-5-11-20-32)25-41(52)38-26-34(60-29-30-15-6-3-7-16-30)28-49(38)45(55)37(31-17-8-4-9-18-31)27-40(51)35-21-12-13-22-36(35)46(56)57/h3,5-7,10-11,15-16,19-20,31,33-38,43H,2,4,8-9,12-14,17-18,21-29H2,1H3,(H,48,53)(H,56,57)(H,58,59)/t33?,34-,35?,36?,37?,38+,43?/m1/s1. The second kappa shape index (κ2) is 22.5. The van der Waals surface area contributed by atoms with Gasteiger partial charge in [-0.15, -0.1) is 0 Å². The van der Waals surface area contributed by atoms with E-state index in [0.29, 0.717) is 24.8 Å². The van der Waals surface area contributed by atoms with Gasteiger partial charge in [-0.1, -0.05) is 106 Å². The molecule has 2 aromatic carbocycles. The number of ketones is 4. The lowest BCUT2D eigenvalue weighted by Crippen LogP contribution is -2.47. The first-order valence-electron chi connectivity index (χ1n) is 21.8. The summed E-state index contributed by atoms with van der Waals surface area (Å²) in [6.45, 7) is 2.17. The Morgan fingerprint density at radius 2 is 1.40 bits per heavy atom. The van der Waals surface area contributed by atoms with E-state index in [4.69, 9.17) is 4.74 Å². The molecule has 3 aliphatic rings. The van der Waals surface area contributed by atoms with Gasteiger partial charge < -0.3 is 25.2 Å². The van der Waals surface area contributed by atoms with Crippen molar-refractivity contribution in [3.05, 3.63) is 71.8 Å². The van der Waals surface area contributed by atoms with Crippen molar-refractivity contribution < 1.29 is 53.3 Å². The van der Waals surface area contributed by atoms with E-state index in [2.05, 4.69) is 5.32 Å². The van der Waals surface area contributed by atoms with Gasteiger partial charge in [-0.25, -0.2) is 4.79 Å². The summed E-state index contributed by atoms with van der Waals surface area (Å²) in [6, 6.07) is 15.3. The van der Waals surface area contributed by atoms with E-state index in [9.17, 15) is 48.6 Å². The Balaban J connectivity index is 1.31. The SMILES string of the molecule is CCCC(CC(=O)[C@@H]1C[C@@H](OCc2ccccc2)CN1C(=O)C(CC(=O)C1CCCCC1C(=O)O)C1CCCCC1)C(=O)C(=O)CCC(=O)NC(C(=O)O)c1ccccc1. The van der Waals surface area contributed by atoms with Gasteiger partial charge in [0.25, 0.3) is 0 Å². The van der Waals surface area contributed by atoms with Gasteiger partial charge in [0.2, 0.25) is 17.6 Å². The van der Waals surface area contributed by atoms with Gasteiger partial charge in [-0.3, -0.25) is 33.6 Å². The molecule has 2 amide bonds. The maximum absolute atomic E-state index is 14.9. The summed E-state index contributed by atoms with van der Waals surface area (Å²) in [4.78, 5) is 108. The molecule has 0 aromatic heterocycles. The van der Waals surface area contributed by atoms with Crippen molar-refractivity contribution in [2.75, 3.05) is 6.54 Å². The smallest absolute Gasteiger partial charge is 0.330 e. The molecule has 7 atom stereocenters. The number of hydrogen-bond donors (Lipinski definition) is 3. The van der Waals surface area contributed by atoms with E-state index in [1.807, 2.05) is 37.3 Å². The summed E-state index contributed by atoms with van der Waals surface area (Å²) in [5.41, 5.74) is 1.26. The van der Waals surface area contributed by atoms with Crippen LogP contribution in [-0.4, -0.2) is 80.7 Å². The summed E-state index contributed by atoms with van der Waals surface area (Å²) in [5, 5.41) is 22.0. The lowest BCUT2D eigenvalue weighted by atomic mass is 9.71. The van der Waals surface area contributed by atoms with Gasteiger partial charge in [0.15, 0.2) is 17.6 Å². The van der Waals surface area contributed by atoms with Crippen molar-refractivity contribution in [1.82, 2.24) is 10.2 Å². The van der Waals surface area contributed by atoms with Gasteiger partial charge in [-0.05, 0) is 49.1 Å². The number of rotatable bonds is 22. The Bertz CT molecular complexity index is 1830. The fraction of sp³-hybridized carbons (Fsp3) is 0.574. The monoisotopic (exact) mass is 828 g/mol. The quantitative estimate of drug-likeness (QED) is 0.110. The Morgan fingerprint density at radius 1 is 0.767 bits per heavy atom. The minimum atomic E-state index is -1.34. The van der Waals surface area contributed by atoms with Gasteiger partial charge >= 0.3 is 11.9 Å². The van der Waals surface area contributed by atoms with Gasteiger partial charge in [0.1, 0.15) is 5.78 Å². The number of hydrogen-bond acceptors (Lipinski definition) is 9. The number of carboxylic acids is 2. The molecule has 2 aliphatic carbocycles. The van der Waals surface area contributed by atoms with Crippen molar-refractivity contribution in [3.8, 4) is 0 Å². The topological polar surface area (TPSA) is 202 Å². The molecule has 0 bridgehead atoms. The minimum absolute atomic E-state index is 0.0948. The molecular formula is C47H60N2O11. The molecule has 3 fully saturated rings. The number of nitrogens with zero attached hydrogens (tertiary/aromatic N) is 1. The number of carboxylic acid groups (broad SMARTS) is 2. The van der Waals surface area contributed by atoms with Crippen molar-refractivity contribution in [3.63, 3.8) is 0 Å². The number of carbonyl (C=O) groups is 8. The highest BCUT2D eigenvalue weighted by Gasteiger charge is 2.46. The van der Waals surface area contributed by atoms with Crippen molar-refractivity contribution in [2.24, 2.45) is 29.6 Å². The van der Waals surface area contributed by atoms with Crippen molar-refractivity contribution in [2.45, 2.75) is 134 Å². The number of carbonyl (C=O) groups excluding carboxylic acids is 6. The molecular weight excluding hydrogens is 769 g/mol. The van der Waals surface area contributed by atoms with E-state index in [1.54, 1.807) is 30.3 Å². The molecule has 0 radical (unpaired) electrons. The number of benzene rings is 2. The minimum Gasteiger partial charge on any atom is -0.481 e. The number of nitrogens with one attached hydrogen (secondary N) is 1. The third-order valence-electron chi connectivity index (χ3n) is 12.7. The molecule has 13 nitrogen and oxygen atoms in total. The third-order valence-corrected chi connectivity index (χ3v) is 12.7. The summed E-state index contributed by atoms with van der Waals surface area (Å²) in [5.74, 6) is -8.87. The zero-order valence-corrected chi connectivity index (χ0v) is 34.6. The van der Waals surface area contributed by atoms with Crippen LogP contribution in [0.1, 0.15) is 127 Å². The van der Waals surface area contributed by atoms with Crippen LogP contribution in [0.4, 0.5) is 0 Å². The third kappa shape index (κ3) is 12.5. The summed E-state index contributed by atoms with van der Waals surface area (Å²) in [6.07, 6.45) is 5.73. The van der Waals surface area contributed by atoms with E-state index in [0.717, 1.165) is 50.5 Å². The summed E-state index contributed by atoms with van der Waals surface area (Å²) < 4.78 is 6.28. The van der Waals surface area contributed by atoms with E-state index in [-0.39, 0.29) is 56.4 Å². The molecule has 0 spiro atoms. The molecule has 1 aliphatic heterocycles. The molecule has 5 unspecified atom stereocenters. The Morgan fingerprint density at radius 3 is 2.03 bits per heavy atom. The predicted molar refractivity (Wildman–Crippen MR) is 220 cm³/mol. The van der Waals surface area contributed by atoms with Crippen molar-refractivity contribution >= 4 is 46.9 Å². The molecule has 324 valence electrons. The number of likely N-dealkylation sites (tertiary alicyclic amines) is 1. The highest BCUT2D eigenvalue weighted by atomic mass is 16.5. The van der Waals surface area contributed by atoms with E-state index >= 15 is 0 Å². The lowest BCUT2D eigenvalue weighted by Gasteiger charge is -2.35. The van der Waals surface area contributed by atoms with Crippen LogP contribution in [0.3, 0.4) is 0 Å². The number of ether oxygens (including phenoxy) is 1. The molecule has 3 N–H and O–H groups in total. The first kappa shape index (κ1) is 46.0. The fourth-order valence-corrected chi connectivity index (χ4v) is 9.44. The van der Waals surface area contributed by atoms with Gasteiger partial charge in [-0.2, -0.15) is 0 Å². The highest BCUT2D eigenvalue weighted by Crippen LogP contribution is 2.39. The van der Waals surface area contributed by atoms with Gasteiger partial charge in [0.05, 0.1) is 24.7 Å². The fourth-order valence-electron chi connectivity index (χ4n) is 9.44. The summed E-state index contributed by atoms with van der Waals surface area (Å²) >= 11 is 0. The second-order valence-electron chi connectivity index (χ2n) is 16.9. The normalized spacial score (nSPS) is 22.2. The first-order valence-corrected chi connectivity index (χ1v) is 21.8. The zero-order valence-electron chi connectivity index (χ0n) is 34.6. The molecule has 5 rings (SSSR count). The lowest BCUT2D eigenvalue weighted by molar-refractivity contribution is -0.150. The van der Waals surface area contributed by atoms with E-state index in [1.165, 1.54) is 4.90 Å². The number of amides is 2. The van der Waals surface area contributed by atoms with Crippen LogP contribution in [0.25, 0.3) is 0 Å². The molecule has 1 saturated heterocycles. The van der Waals surface area contributed by atoms with Crippen LogP contribution in [0.15, 0.2) is 60.7 Å². The first-order chi connectivity index (χ1) is 28.9. The average molecular weight is 829 g/mol. The predicted octanol–water partition coefficient (Wildman–Crippen LogP) is 6.46. The molecule has 2 saturated carbocycles. The van der Waals surface area contributed by atoms with E-state index < -0.39 is 89.9 Å². The number of Topliss-reactive ketones (excluding diaryl/α,β-unsaturated/α-hetero) is 4. The van der Waals surface area contributed by atoms with Crippen LogP contribution < -0.4 is 5.32 Å². The number of aliphatic carboxylic acids is 2. The second-order valence-corrected chi connectivity index (χ2v) is 16.9. The van der Waals surface area contributed by atoms with Crippen LogP contribution >= 0.6 is 0 Å². The highest BCUT2D eigenvalue weighted by molar-refractivity contribution is 6.38. The molecule has 2 aromatic rings. The molecule has 13 heteroatoms. The van der Waals surface area contributed by atoms with Crippen LogP contribution in [0.5, 0.6) is 0 Å². The Kier molecular flexibility index (Phi) is 17.3. The maximum Gasteiger partial charge on any atom is 0.330 e. The van der Waals surface area contributed by atoms with Crippen LogP contribution in [0.2, 0.25) is 0 Å². The maximum atomic E-state index is 14.9. The zero-order chi connectivity index (χ0) is 43.2. The Labute approximate surface area is 352 Å². The van der Waals surface area contributed by atoms with Crippen LogP contribution in [0, 0.1) is 29.6 Å². The van der Waals surface area contributed by atoms with Gasteiger partial charge in [0, 0.05) is 56.4 Å².